The molecule has 3 atom stereocenters. The number of aromatic nitrogens is 4. The summed E-state index contributed by atoms with van der Waals surface area (Å²) >= 11 is 13.9. The third-order valence-corrected chi connectivity index (χ3v) is 18.1. The van der Waals surface area contributed by atoms with E-state index in [-0.39, 0.29) is 58.2 Å². The molecule has 2 unspecified atom stereocenters. The Labute approximate surface area is 447 Å². The average molecular weight is 1090 g/mol. The summed E-state index contributed by atoms with van der Waals surface area (Å²) in [5.74, 6) is 0.821. The number of ether oxygens (including phenoxy) is 2. The number of benzene rings is 6. The number of rotatable bonds is 21. The van der Waals surface area contributed by atoms with Crippen molar-refractivity contribution in [2.45, 2.75) is 106 Å². The second-order valence-corrected chi connectivity index (χ2v) is 25.4. The highest BCUT2D eigenvalue weighted by atomic mass is 35.5. The molecule has 75 heavy (non-hydrogen) atoms. The number of fused-ring (bicyclic) bond motifs is 2. The molecule has 17 heteroatoms. The zero-order valence-electron chi connectivity index (χ0n) is 42.0. The Morgan fingerprint density at radius 3 is 1.45 bits per heavy atom. The molecule has 390 valence electrons. The molecule has 1 amide bonds. The van der Waals surface area contributed by atoms with Crippen LogP contribution in [0.5, 0.6) is 11.5 Å². The molecule has 0 aliphatic heterocycles. The van der Waals surface area contributed by atoms with Gasteiger partial charge in [0.15, 0.2) is 19.7 Å². The van der Waals surface area contributed by atoms with Crippen LogP contribution in [0.25, 0.3) is 44.3 Å². The molecule has 2 saturated carbocycles. The quantitative estimate of drug-likeness (QED) is 0.0503. The Bertz CT molecular complexity index is 3630. The number of carbonyl (C=O) groups excluding carboxylic acids is 1. The van der Waals surface area contributed by atoms with Gasteiger partial charge in [0.05, 0.1) is 71.5 Å². The molecular formula is C58H59Cl2N5O8S2. The number of hydrogen-bond donors (Lipinski definition) is 4. The Kier molecular flexibility index (Phi) is 14.9. The molecule has 13 nitrogen and oxygen atoms in total. The maximum absolute atomic E-state index is 14.4. The predicted molar refractivity (Wildman–Crippen MR) is 294 cm³/mol. The predicted octanol–water partition coefficient (Wildman–Crippen LogP) is 12.2. The largest absolute Gasteiger partial charge is 0.490 e. The molecule has 10 rings (SSSR count). The third-order valence-electron chi connectivity index (χ3n) is 13.7. The van der Waals surface area contributed by atoms with E-state index in [0.29, 0.717) is 77.5 Å². The number of aliphatic hydroxyl groups is 1. The van der Waals surface area contributed by atoms with Crippen molar-refractivity contribution in [1.29, 1.82) is 0 Å². The van der Waals surface area contributed by atoms with Crippen molar-refractivity contribution < 1.29 is 36.2 Å². The van der Waals surface area contributed by atoms with E-state index in [1.165, 1.54) is 0 Å². The topological polar surface area (TPSA) is 193 Å². The van der Waals surface area contributed by atoms with Crippen LogP contribution in [0.1, 0.15) is 101 Å². The standard InChI is InChI=1S/C58H59Cl2N5O8S2/c1-33(2)72-53-11-7-5-9-41(53)45-25-49-51(29-47(45)59)63-57(61-49)43(37-17-21-39(22-18-37)74(68,69)31-35-13-14-35)27-55(66)65-56(67)28-44(38-19-23-40(24-20-38)75(70,71)32-36-15-16-36)58-62-50-26-46(48(60)30-52(50)64-58)42-10-6-8-12-54(42)73-34(3)4/h5-12,17-26,29-30,33-36,43-44,55,66H,13-16,27-28,31-32H2,1-4H3,(H,61,63)(H,62,64)(H,65,67)/t43?,44?,55-/m1/s1. The van der Waals surface area contributed by atoms with Gasteiger partial charge < -0.3 is 29.9 Å². The van der Waals surface area contributed by atoms with Gasteiger partial charge in [0.25, 0.3) is 0 Å². The number of H-pyrrole nitrogens is 2. The maximum Gasteiger partial charge on any atom is 0.223 e. The number of hydrogen-bond acceptors (Lipinski definition) is 10. The van der Waals surface area contributed by atoms with Gasteiger partial charge in [0, 0.05) is 41.0 Å². The van der Waals surface area contributed by atoms with Crippen LogP contribution in [0.3, 0.4) is 0 Å². The first-order chi connectivity index (χ1) is 35.9. The number of aliphatic hydroxyl groups excluding tert-OH is 1. The Morgan fingerprint density at radius 2 is 1.03 bits per heavy atom. The monoisotopic (exact) mass is 1090 g/mol. The first-order valence-electron chi connectivity index (χ1n) is 25.4. The van der Waals surface area contributed by atoms with E-state index < -0.39 is 43.6 Å². The van der Waals surface area contributed by atoms with E-state index >= 15 is 0 Å². The normalized spacial score (nSPS) is 15.4. The van der Waals surface area contributed by atoms with Crippen LogP contribution in [0.15, 0.2) is 131 Å². The molecule has 0 radical (unpaired) electrons. The number of aromatic amines is 2. The minimum absolute atomic E-state index is 0.0580. The number of nitrogens with one attached hydrogen (secondary N) is 3. The molecule has 4 N–H and O–H groups in total. The lowest BCUT2D eigenvalue weighted by atomic mass is 9.93. The molecule has 2 aliphatic rings. The van der Waals surface area contributed by atoms with Crippen molar-refractivity contribution in [1.82, 2.24) is 25.3 Å². The summed E-state index contributed by atoms with van der Waals surface area (Å²) in [5, 5.41) is 15.6. The minimum atomic E-state index is -3.52. The fourth-order valence-corrected chi connectivity index (χ4v) is 13.5. The van der Waals surface area contributed by atoms with Gasteiger partial charge in [-0.15, -0.1) is 0 Å². The molecule has 2 heterocycles. The smallest absolute Gasteiger partial charge is 0.223 e. The van der Waals surface area contributed by atoms with Crippen molar-refractivity contribution in [2.75, 3.05) is 11.5 Å². The van der Waals surface area contributed by atoms with Crippen LogP contribution >= 0.6 is 23.2 Å². The Balaban J connectivity index is 0.962. The summed E-state index contributed by atoms with van der Waals surface area (Å²) in [4.78, 5) is 31.6. The highest BCUT2D eigenvalue weighted by Gasteiger charge is 2.32. The van der Waals surface area contributed by atoms with Crippen molar-refractivity contribution in [3.63, 3.8) is 0 Å². The Hall–Kier alpha value is -6.23. The van der Waals surface area contributed by atoms with Gasteiger partial charge in [-0.2, -0.15) is 0 Å². The summed E-state index contributed by atoms with van der Waals surface area (Å²) in [6.07, 6.45) is 1.75. The molecule has 8 aromatic rings. The highest BCUT2D eigenvalue weighted by Crippen LogP contribution is 2.41. The van der Waals surface area contributed by atoms with Crippen LogP contribution in [0.2, 0.25) is 10.0 Å². The first-order valence-corrected chi connectivity index (χ1v) is 29.5. The van der Waals surface area contributed by atoms with Crippen LogP contribution in [-0.2, 0) is 24.5 Å². The molecule has 2 aliphatic carbocycles. The van der Waals surface area contributed by atoms with Gasteiger partial charge in [0.1, 0.15) is 29.4 Å². The third kappa shape index (κ3) is 12.1. The number of amides is 1. The zero-order valence-corrected chi connectivity index (χ0v) is 45.2. The van der Waals surface area contributed by atoms with Crippen molar-refractivity contribution in [2.24, 2.45) is 11.8 Å². The second-order valence-electron chi connectivity index (χ2n) is 20.5. The van der Waals surface area contributed by atoms with E-state index in [9.17, 15) is 26.7 Å². The van der Waals surface area contributed by atoms with E-state index in [0.717, 1.165) is 36.8 Å². The first kappa shape index (κ1) is 52.2. The van der Waals surface area contributed by atoms with E-state index in [4.69, 9.17) is 42.6 Å². The second kappa shape index (κ2) is 21.4. The van der Waals surface area contributed by atoms with Crippen LogP contribution in [0.4, 0.5) is 0 Å². The number of sulfone groups is 2. The summed E-state index contributed by atoms with van der Waals surface area (Å²) in [5.41, 5.74) is 6.72. The van der Waals surface area contributed by atoms with Gasteiger partial charge in [-0.05, 0) is 137 Å². The molecule has 2 fully saturated rings. The minimum Gasteiger partial charge on any atom is -0.490 e. The van der Waals surface area contributed by atoms with Crippen molar-refractivity contribution in [3.8, 4) is 33.8 Å². The fraction of sp³-hybridized carbons (Fsp3) is 0.328. The molecule has 0 bridgehead atoms. The van der Waals surface area contributed by atoms with Gasteiger partial charge in [-0.25, -0.2) is 26.8 Å². The summed E-state index contributed by atoms with van der Waals surface area (Å²) in [6.45, 7) is 7.81. The summed E-state index contributed by atoms with van der Waals surface area (Å²) < 4.78 is 65.5. The van der Waals surface area contributed by atoms with Crippen LogP contribution < -0.4 is 14.8 Å². The molecular weight excluding hydrogens is 1030 g/mol. The lowest BCUT2D eigenvalue weighted by molar-refractivity contribution is -0.124. The van der Waals surface area contributed by atoms with Gasteiger partial charge in [-0.3, -0.25) is 4.79 Å². The fourth-order valence-electron chi connectivity index (χ4n) is 9.62. The summed E-state index contributed by atoms with van der Waals surface area (Å²) in [6, 6.07) is 35.8. The van der Waals surface area contributed by atoms with E-state index in [2.05, 4.69) is 15.3 Å². The number of halogens is 2. The lowest BCUT2D eigenvalue weighted by Crippen LogP contribution is -2.37. The Morgan fingerprint density at radius 1 is 0.613 bits per heavy atom. The number of nitrogens with zero attached hydrogens (tertiary/aromatic N) is 2. The van der Waals surface area contributed by atoms with Crippen LogP contribution in [0, 0.1) is 11.8 Å². The van der Waals surface area contributed by atoms with Gasteiger partial charge in [-0.1, -0.05) is 83.9 Å². The summed E-state index contributed by atoms with van der Waals surface area (Å²) in [7, 11) is -7.04. The zero-order chi connectivity index (χ0) is 52.8. The van der Waals surface area contributed by atoms with Gasteiger partial charge in [0.2, 0.25) is 5.91 Å². The van der Waals surface area contributed by atoms with Crippen LogP contribution in [-0.4, -0.2) is 77.7 Å². The van der Waals surface area contributed by atoms with Crippen molar-refractivity contribution >= 4 is 70.9 Å². The molecule has 2 aromatic heterocycles. The average Bonchev–Trinajstić information content (AvgIpc) is 4.28. The molecule has 0 spiro atoms. The highest BCUT2D eigenvalue weighted by molar-refractivity contribution is 7.91. The van der Waals surface area contributed by atoms with E-state index in [1.807, 2.05) is 88.4 Å². The number of imidazole rings is 2. The number of para-hydroxylation sites is 2. The lowest BCUT2D eigenvalue weighted by Gasteiger charge is -2.22. The van der Waals surface area contributed by atoms with Crippen molar-refractivity contribution in [3.05, 3.63) is 154 Å². The van der Waals surface area contributed by atoms with Gasteiger partial charge >= 0.3 is 0 Å². The molecule has 6 aromatic carbocycles. The van der Waals surface area contributed by atoms with E-state index in [1.54, 1.807) is 60.7 Å². The number of carbonyl (C=O) groups is 1. The maximum atomic E-state index is 14.4. The molecule has 0 saturated heterocycles. The SMILES string of the molecule is CC(C)Oc1ccccc1-c1cc2nc(C(CC(=O)N[C@H](O)CC(c3ccc(S(=O)(=O)CC4CC4)cc3)c3nc4cc(-c5ccccc5OC(C)C)c(Cl)cc4[nH]3)c3ccc(S(=O)(=O)CC4CC4)cc3)[nH]c2cc1Cl.